The molecule has 1 N–H and O–H groups in total. The molecule has 1 unspecified atom stereocenters. The summed E-state index contributed by atoms with van der Waals surface area (Å²) in [6.07, 6.45) is 0.969. The number of rotatable bonds is 4. The van der Waals surface area contributed by atoms with Gasteiger partial charge in [-0.2, -0.15) is 0 Å². The molecule has 102 valence electrons. The van der Waals surface area contributed by atoms with Gasteiger partial charge in [0.15, 0.2) is 0 Å². The van der Waals surface area contributed by atoms with Gasteiger partial charge in [-0.1, -0.05) is 24.3 Å². The molecule has 0 radical (unpaired) electrons. The lowest BCUT2D eigenvalue weighted by Crippen LogP contribution is -2.20. The van der Waals surface area contributed by atoms with Gasteiger partial charge in [0.25, 0.3) is 0 Å². The van der Waals surface area contributed by atoms with E-state index in [1.807, 2.05) is 31.4 Å². The molecule has 0 aliphatic heterocycles. The first kappa shape index (κ1) is 13.3. The van der Waals surface area contributed by atoms with Crippen LogP contribution in [0.2, 0.25) is 0 Å². The molecule has 0 aliphatic carbocycles. The van der Waals surface area contributed by atoms with Crippen molar-refractivity contribution in [3.8, 4) is 0 Å². The summed E-state index contributed by atoms with van der Waals surface area (Å²) in [7, 11) is 2.00. The fourth-order valence-corrected chi connectivity index (χ4v) is 3.50. The number of aromatic nitrogens is 1. The molecule has 2 nitrogen and oxygen atoms in total. The Kier molecular flexibility index (Phi) is 3.81. The Bertz CT molecular complexity index is 718. The number of pyridine rings is 1. The SMILES string of the molecule is CNC(Cc1csc2ccccc12)c1cccc(C)n1. The summed E-state index contributed by atoms with van der Waals surface area (Å²) in [5, 5.41) is 7.03. The van der Waals surface area contributed by atoms with Crippen molar-refractivity contribution in [2.75, 3.05) is 7.05 Å². The van der Waals surface area contributed by atoms with E-state index < -0.39 is 0 Å². The number of hydrogen-bond acceptors (Lipinski definition) is 3. The van der Waals surface area contributed by atoms with Crippen LogP contribution in [0.25, 0.3) is 10.1 Å². The number of nitrogens with one attached hydrogen (secondary N) is 1. The van der Waals surface area contributed by atoms with E-state index in [9.17, 15) is 0 Å². The zero-order chi connectivity index (χ0) is 13.9. The van der Waals surface area contributed by atoms with Crippen LogP contribution in [0, 0.1) is 6.92 Å². The van der Waals surface area contributed by atoms with Gasteiger partial charge in [-0.3, -0.25) is 4.98 Å². The summed E-state index contributed by atoms with van der Waals surface area (Å²) < 4.78 is 1.36. The van der Waals surface area contributed by atoms with Gasteiger partial charge >= 0.3 is 0 Å². The van der Waals surface area contributed by atoms with Gasteiger partial charge in [-0.25, -0.2) is 0 Å². The zero-order valence-corrected chi connectivity index (χ0v) is 12.6. The maximum Gasteiger partial charge on any atom is 0.0579 e. The van der Waals surface area contributed by atoms with Crippen LogP contribution in [0.3, 0.4) is 0 Å². The highest BCUT2D eigenvalue weighted by molar-refractivity contribution is 7.17. The van der Waals surface area contributed by atoms with Crippen molar-refractivity contribution in [3.05, 3.63) is 64.8 Å². The molecule has 0 amide bonds. The molecule has 3 rings (SSSR count). The first-order valence-electron chi connectivity index (χ1n) is 6.84. The van der Waals surface area contributed by atoms with E-state index in [2.05, 4.69) is 52.1 Å². The van der Waals surface area contributed by atoms with Crippen LogP contribution in [-0.2, 0) is 6.42 Å². The molecule has 0 saturated carbocycles. The van der Waals surface area contributed by atoms with Crippen LogP contribution in [-0.4, -0.2) is 12.0 Å². The summed E-state index contributed by atoms with van der Waals surface area (Å²) in [4.78, 5) is 4.65. The fourth-order valence-electron chi connectivity index (χ4n) is 2.52. The molecule has 0 saturated heterocycles. The van der Waals surface area contributed by atoms with Crippen LogP contribution in [0.1, 0.15) is 23.0 Å². The van der Waals surface area contributed by atoms with Crippen molar-refractivity contribution in [2.45, 2.75) is 19.4 Å². The Balaban J connectivity index is 1.92. The molecule has 0 fully saturated rings. The number of fused-ring (bicyclic) bond motifs is 1. The third-order valence-corrected chi connectivity index (χ3v) is 4.61. The molecule has 2 aromatic heterocycles. The highest BCUT2D eigenvalue weighted by atomic mass is 32.1. The van der Waals surface area contributed by atoms with Crippen molar-refractivity contribution >= 4 is 21.4 Å². The van der Waals surface area contributed by atoms with Gasteiger partial charge < -0.3 is 5.32 Å². The van der Waals surface area contributed by atoms with Gasteiger partial charge in [0.05, 0.1) is 11.7 Å². The largest absolute Gasteiger partial charge is 0.311 e. The average molecular weight is 282 g/mol. The topological polar surface area (TPSA) is 24.9 Å². The molecular weight excluding hydrogens is 264 g/mol. The van der Waals surface area contributed by atoms with Gasteiger partial charge in [-0.15, -0.1) is 11.3 Å². The van der Waals surface area contributed by atoms with Gasteiger partial charge in [0.1, 0.15) is 0 Å². The van der Waals surface area contributed by atoms with Gasteiger partial charge in [-0.05, 0) is 54.9 Å². The van der Waals surface area contributed by atoms with Crippen LogP contribution in [0.4, 0.5) is 0 Å². The first-order valence-corrected chi connectivity index (χ1v) is 7.72. The molecule has 2 heterocycles. The van der Waals surface area contributed by atoms with E-state index in [0.29, 0.717) is 0 Å². The molecule has 0 spiro atoms. The third kappa shape index (κ3) is 2.60. The molecule has 1 aromatic carbocycles. The maximum absolute atomic E-state index is 4.65. The van der Waals surface area contributed by atoms with Crippen molar-refractivity contribution in [1.82, 2.24) is 10.3 Å². The molecule has 1 atom stereocenters. The molecule has 3 heteroatoms. The molecule has 0 bridgehead atoms. The summed E-state index contributed by atoms with van der Waals surface area (Å²) >= 11 is 1.82. The third-order valence-electron chi connectivity index (χ3n) is 3.60. The quantitative estimate of drug-likeness (QED) is 0.779. The lowest BCUT2D eigenvalue weighted by molar-refractivity contribution is 0.577. The minimum Gasteiger partial charge on any atom is -0.311 e. The van der Waals surface area contributed by atoms with E-state index in [0.717, 1.165) is 17.8 Å². The number of aryl methyl sites for hydroxylation is 1. The minimum absolute atomic E-state index is 0.257. The maximum atomic E-state index is 4.65. The predicted molar refractivity (Wildman–Crippen MR) is 86.3 cm³/mol. The zero-order valence-electron chi connectivity index (χ0n) is 11.8. The highest BCUT2D eigenvalue weighted by Crippen LogP contribution is 2.29. The summed E-state index contributed by atoms with van der Waals surface area (Å²) in [6.45, 7) is 2.04. The summed E-state index contributed by atoms with van der Waals surface area (Å²) in [5.74, 6) is 0. The Labute approximate surface area is 123 Å². The Morgan fingerprint density at radius 2 is 2.00 bits per heavy atom. The standard InChI is InChI=1S/C17H18N2S/c1-12-6-5-8-15(19-12)16(18-2)10-13-11-20-17-9-4-3-7-14(13)17/h3-9,11,16,18H,10H2,1-2H3. The van der Waals surface area contributed by atoms with E-state index in [1.165, 1.54) is 15.6 Å². The van der Waals surface area contributed by atoms with E-state index in [4.69, 9.17) is 0 Å². The summed E-state index contributed by atoms with van der Waals surface area (Å²) in [6, 6.07) is 15.1. The second kappa shape index (κ2) is 5.73. The van der Waals surface area contributed by atoms with Crippen molar-refractivity contribution < 1.29 is 0 Å². The van der Waals surface area contributed by atoms with Crippen molar-refractivity contribution in [1.29, 1.82) is 0 Å². The first-order chi connectivity index (χ1) is 9.78. The Hall–Kier alpha value is -1.71. The molecular formula is C17H18N2S. The van der Waals surface area contributed by atoms with Crippen LogP contribution >= 0.6 is 11.3 Å². The number of benzene rings is 1. The molecule has 20 heavy (non-hydrogen) atoms. The average Bonchev–Trinajstić information content (AvgIpc) is 2.88. The highest BCUT2D eigenvalue weighted by Gasteiger charge is 2.14. The second-order valence-electron chi connectivity index (χ2n) is 5.01. The van der Waals surface area contributed by atoms with Crippen molar-refractivity contribution in [2.24, 2.45) is 0 Å². The van der Waals surface area contributed by atoms with Gasteiger partial charge in [0, 0.05) is 10.4 Å². The van der Waals surface area contributed by atoms with Crippen LogP contribution in [0.5, 0.6) is 0 Å². The lowest BCUT2D eigenvalue weighted by Gasteiger charge is -2.15. The predicted octanol–water partition coefficient (Wildman–Crippen LogP) is 4.11. The van der Waals surface area contributed by atoms with E-state index >= 15 is 0 Å². The Morgan fingerprint density at radius 1 is 1.15 bits per heavy atom. The molecule has 3 aromatic rings. The number of thiophene rings is 1. The van der Waals surface area contributed by atoms with Gasteiger partial charge in [0.2, 0.25) is 0 Å². The van der Waals surface area contributed by atoms with E-state index in [1.54, 1.807) is 0 Å². The minimum atomic E-state index is 0.257. The van der Waals surface area contributed by atoms with Crippen LogP contribution in [0.15, 0.2) is 47.8 Å². The lowest BCUT2D eigenvalue weighted by atomic mass is 10.0. The monoisotopic (exact) mass is 282 g/mol. The summed E-state index contributed by atoms with van der Waals surface area (Å²) in [5.41, 5.74) is 3.58. The molecule has 0 aliphatic rings. The van der Waals surface area contributed by atoms with Crippen LogP contribution < -0.4 is 5.32 Å². The number of nitrogens with zero attached hydrogens (tertiary/aromatic N) is 1. The second-order valence-corrected chi connectivity index (χ2v) is 5.92. The number of hydrogen-bond donors (Lipinski definition) is 1. The van der Waals surface area contributed by atoms with Crippen molar-refractivity contribution in [3.63, 3.8) is 0 Å². The Morgan fingerprint density at radius 3 is 2.80 bits per heavy atom. The normalized spacial score (nSPS) is 12.7. The smallest absolute Gasteiger partial charge is 0.0579 e. The number of likely N-dealkylation sites (N-methyl/N-ethyl adjacent to an activating group) is 1. The fraction of sp³-hybridized carbons (Fsp3) is 0.235. The van der Waals surface area contributed by atoms with E-state index in [-0.39, 0.29) is 6.04 Å².